The maximum atomic E-state index is 5.83. The van der Waals surface area contributed by atoms with Crippen molar-refractivity contribution < 1.29 is 9.47 Å². The van der Waals surface area contributed by atoms with Crippen molar-refractivity contribution in [2.24, 2.45) is 0 Å². The van der Waals surface area contributed by atoms with Gasteiger partial charge in [-0.25, -0.2) is 0 Å². The van der Waals surface area contributed by atoms with Crippen molar-refractivity contribution in [3.05, 3.63) is 53.6 Å². The Kier molecular flexibility index (Phi) is 3.03. The fourth-order valence-corrected chi connectivity index (χ4v) is 2.30. The van der Waals surface area contributed by atoms with Crippen LogP contribution in [0, 0.1) is 6.92 Å². The van der Waals surface area contributed by atoms with Crippen molar-refractivity contribution in [3.63, 3.8) is 0 Å². The van der Waals surface area contributed by atoms with Gasteiger partial charge in [0, 0.05) is 23.9 Å². The van der Waals surface area contributed by atoms with Gasteiger partial charge in [-0.1, -0.05) is 18.2 Å². The van der Waals surface area contributed by atoms with E-state index in [9.17, 15) is 0 Å². The largest absolute Gasteiger partial charge is 0.497 e. The Bertz CT molecular complexity index is 595. The topological polar surface area (TPSA) is 21.7 Å². The van der Waals surface area contributed by atoms with Gasteiger partial charge in [-0.2, -0.15) is 0 Å². The fourth-order valence-electron chi connectivity index (χ4n) is 2.30. The molecule has 3 heteroatoms. The number of nitrogens with zero attached hydrogens (tertiary/aromatic N) is 1. The van der Waals surface area contributed by atoms with Crippen LogP contribution in [0.2, 0.25) is 0 Å². The Balaban J connectivity index is 1.86. The lowest BCUT2D eigenvalue weighted by molar-refractivity contribution is 0.289. The number of hydrogen-bond acceptors (Lipinski definition) is 3. The zero-order chi connectivity index (χ0) is 13.2. The smallest absolute Gasteiger partial charge is 0.161 e. The van der Waals surface area contributed by atoms with E-state index in [2.05, 4.69) is 36.1 Å². The Hall–Kier alpha value is -2.16. The number of methoxy groups -OCH3 is 1. The molecular formula is C16H17NO2. The number of benzene rings is 2. The lowest BCUT2D eigenvalue weighted by Gasteiger charge is -2.31. The standard InChI is InChI=1S/C16H17NO2/c1-12-6-7-13-10-17(11-19-16(13)8-12)14-4-3-5-15(9-14)18-2/h3-9H,10-11H2,1-2H3. The molecule has 2 aromatic rings. The zero-order valence-electron chi connectivity index (χ0n) is 11.2. The zero-order valence-corrected chi connectivity index (χ0v) is 11.2. The van der Waals surface area contributed by atoms with Crippen LogP contribution in [0.1, 0.15) is 11.1 Å². The normalized spacial score (nSPS) is 13.7. The van der Waals surface area contributed by atoms with Crippen molar-refractivity contribution in [3.8, 4) is 11.5 Å². The summed E-state index contributed by atoms with van der Waals surface area (Å²) < 4.78 is 11.1. The molecule has 0 fully saturated rings. The van der Waals surface area contributed by atoms with Gasteiger partial charge in [-0.15, -0.1) is 0 Å². The Morgan fingerprint density at radius 2 is 2.05 bits per heavy atom. The molecule has 0 radical (unpaired) electrons. The first kappa shape index (κ1) is 11.9. The first-order valence-electron chi connectivity index (χ1n) is 6.37. The minimum atomic E-state index is 0.573. The number of rotatable bonds is 2. The van der Waals surface area contributed by atoms with Crippen LogP contribution >= 0.6 is 0 Å². The van der Waals surface area contributed by atoms with Gasteiger partial charge in [-0.3, -0.25) is 0 Å². The lowest BCUT2D eigenvalue weighted by atomic mass is 10.1. The number of hydrogen-bond donors (Lipinski definition) is 0. The van der Waals surface area contributed by atoms with E-state index in [1.807, 2.05) is 18.2 Å². The first-order chi connectivity index (χ1) is 9.26. The number of anilines is 1. The van der Waals surface area contributed by atoms with Crippen molar-refractivity contribution >= 4 is 5.69 Å². The van der Waals surface area contributed by atoms with Crippen LogP contribution in [0.25, 0.3) is 0 Å². The molecule has 1 heterocycles. The average molecular weight is 255 g/mol. The maximum absolute atomic E-state index is 5.83. The second-order valence-electron chi connectivity index (χ2n) is 4.78. The van der Waals surface area contributed by atoms with E-state index in [1.54, 1.807) is 7.11 Å². The molecule has 98 valence electrons. The van der Waals surface area contributed by atoms with Gasteiger partial charge >= 0.3 is 0 Å². The molecule has 0 saturated carbocycles. The predicted molar refractivity (Wildman–Crippen MR) is 75.9 cm³/mol. The molecule has 0 amide bonds. The van der Waals surface area contributed by atoms with E-state index in [0.29, 0.717) is 6.73 Å². The summed E-state index contributed by atoms with van der Waals surface area (Å²) in [6, 6.07) is 14.4. The number of ether oxygens (including phenoxy) is 2. The Labute approximate surface area is 113 Å². The van der Waals surface area contributed by atoms with Crippen molar-refractivity contribution in [1.82, 2.24) is 0 Å². The Morgan fingerprint density at radius 3 is 2.89 bits per heavy atom. The molecule has 0 aromatic heterocycles. The van der Waals surface area contributed by atoms with Gasteiger partial charge in [0.15, 0.2) is 6.73 Å². The number of aryl methyl sites for hydroxylation is 1. The second-order valence-corrected chi connectivity index (χ2v) is 4.78. The summed E-state index contributed by atoms with van der Waals surface area (Å²) >= 11 is 0. The summed E-state index contributed by atoms with van der Waals surface area (Å²) in [5.41, 5.74) is 3.57. The quantitative estimate of drug-likeness (QED) is 0.821. The summed E-state index contributed by atoms with van der Waals surface area (Å²) in [4.78, 5) is 2.19. The van der Waals surface area contributed by atoms with Crippen molar-refractivity contribution in [2.75, 3.05) is 18.7 Å². The van der Waals surface area contributed by atoms with Gasteiger partial charge in [0.1, 0.15) is 11.5 Å². The average Bonchev–Trinajstić information content (AvgIpc) is 2.46. The van der Waals surface area contributed by atoms with E-state index in [1.165, 1.54) is 11.1 Å². The third kappa shape index (κ3) is 2.36. The van der Waals surface area contributed by atoms with E-state index in [0.717, 1.165) is 23.7 Å². The highest BCUT2D eigenvalue weighted by Gasteiger charge is 2.17. The van der Waals surface area contributed by atoms with Gasteiger partial charge in [-0.05, 0) is 30.7 Å². The van der Waals surface area contributed by atoms with Crippen LogP contribution in [0.5, 0.6) is 11.5 Å². The highest BCUT2D eigenvalue weighted by Crippen LogP contribution is 2.30. The molecule has 0 unspecified atom stereocenters. The molecule has 0 saturated heterocycles. The molecule has 3 rings (SSSR count). The van der Waals surface area contributed by atoms with E-state index in [4.69, 9.17) is 9.47 Å². The van der Waals surface area contributed by atoms with Crippen LogP contribution in [0.15, 0.2) is 42.5 Å². The highest BCUT2D eigenvalue weighted by atomic mass is 16.5. The SMILES string of the molecule is COc1cccc(N2COc3cc(C)ccc3C2)c1. The Morgan fingerprint density at radius 1 is 1.16 bits per heavy atom. The molecule has 0 aliphatic carbocycles. The molecule has 19 heavy (non-hydrogen) atoms. The summed E-state index contributed by atoms with van der Waals surface area (Å²) in [6.45, 7) is 3.52. The molecule has 1 aliphatic rings. The van der Waals surface area contributed by atoms with Crippen LogP contribution < -0.4 is 14.4 Å². The van der Waals surface area contributed by atoms with Crippen LogP contribution in [0.3, 0.4) is 0 Å². The van der Waals surface area contributed by atoms with Gasteiger partial charge < -0.3 is 14.4 Å². The summed E-state index contributed by atoms with van der Waals surface area (Å²) in [5, 5.41) is 0. The van der Waals surface area contributed by atoms with E-state index in [-0.39, 0.29) is 0 Å². The highest BCUT2D eigenvalue weighted by molar-refractivity contribution is 5.53. The maximum Gasteiger partial charge on any atom is 0.161 e. The third-order valence-corrected chi connectivity index (χ3v) is 3.38. The van der Waals surface area contributed by atoms with E-state index < -0.39 is 0 Å². The summed E-state index contributed by atoms with van der Waals surface area (Å²) in [6.07, 6.45) is 0. The number of fused-ring (bicyclic) bond motifs is 1. The molecule has 3 nitrogen and oxygen atoms in total. The molecule has 1 aliphatic heterocycles. The predicted octanol–water partition coefficient (Wildman–Crippen LogP) is 3.36. The second kappa shape index (κ2) is 4.84. The summed E-state index contributed by atoms with van der Waals surface area (Å²) in [7, 11) is 1.68. The molecule has 2 aromatic carbocycles. The van der Waals surface area contributed by atoms with Crippen LogP contribution in [-0.2, 0) is 6.54 Å². The minimum Gasteiger partial charge on any atom is -0.497 e. The van der Waals surface area contributed by atoms with E-state index >= 15 is 0 Å². The lowest BCUT2D eigenvalue weighted by Crippen LogP contribution is -2.31. The monoisotopic (exact) mass is 255 g/mol. The van der Waals surface area contributed by atoms with Crippen LogP contribution in [-0.4, -0.2) is 13.8 Å². The van der Waals surface area contributed by atoms with Crippen molar-refractivity contribution in [2.45, 2.75) is 13.5 Å². The molecule has 0 bridgehead atoms. The molecule has 0 atom stereocenters. The fraction of sp³-hybridized carbons (Fsp3) is 0.250. The van der Waals surface area contributed by atoms with Gasteiger partial charge in [0.05, 0.1) is 7.11 Å². The third-order valence-electron chi connectivity index (χ3n) is 3.38. The van der Waals surface area contributed by atoms with Gasteiger partial charge in [0.25, 0.3) is 0 Å². The van der Waals surface area contributed by atoms with Gasteiger partial charge in [0.2, 0.25) is 0 Å². The molecular weight excluding hydrogens is 238 g/mol. The van der Waals surface area contributed by atoms with Crippen LogP contribution in [0.4, 0.5) is 5.69 Å². The van der Waals surface area contributed by atoms with Crippen molar-refractivity contribution in [1.29, 1.82) is 0 Å². The summed E-state index contributed by atoms with van der Waals surface area (Å²) in [5.74, 6) is 1.87. The first-order valence-corrected chi connectivity index (χ1v) is 6.37. The molecule has 0 N–H and O–H groups in total. The minimum absolute atomic E-state index is 0.573. The molecule has 0 spiro atoms.